The molecule has 0 atom stereocenters. The van der Waals surface area contributed by atoms with Crippen LogP contribution < -0.4 is 5.73 Å². The van der Waals surface area contributed by atoms with Gasteiger partial charge in [-0.3, -0.25) is 4.98 Å². The molecule has 3 aromatic rings. The van der Waals surface area contributed by atoms with E-state index in [0.29, 0.717) is 22.8 Å². The minimum Gasteiger partial charge on any atom is -0.396 e. The second-order valence-electron chi connectivity index (χ2n) is 4.04. The molecule has 2 N–H and O–H groups in total. The Bertz CT molecular complexity index is 706. The first kappa shape index (κ1) is 11.4. The Hall–Kier alpha value is -2.69. The highest BCUT2D eigenvalue weighted by Crippen LogP contribution is 2.24. The molecule has 0 fully saturated rings. The number of anilines is 1. The van der Waals surface area contributed by atoms with Gasteiger partial charge in [-0.2, -0.15) is 5.10 Å². The van der Waals surface area contributed by atoms with Gasteiger partial charge >= 0.3 is 0 Å². The molecule has 0 amide bonds. The van der Waals surface area contributed by atoms with Crippen LogP contribution in [0.1, 0.15) is 0 Å². The SMILES string of the molecule is Nc1cn(-c2ccccc2F)nc1-c1ccccn1. The largest absolute Gasteiger partial charge is 0.396 e. The lowest BCUT2D eigenvalue weighted by molar-refractivity contribution is 0.611. The third kappa shape index (κ3) is 2.06. The standard InChI is InChI=1S/C14H11FN4/c15-10-5-1-2-7-13(10)19-9-11(16)14(18-19)12-6-3-4-8-17-12/h1-9H,16H2. The molecule has 5 heteroatoms. The van der Waals surface area contributed by atoms with Gasteiger partial charge < -0.3 is 5.73 Å². The number of nitrogen functional groups attached to an aromatic ring is 1. The van der Waals surface area contributed by atoms with E-state index >= 15 is 0 Å². The monoisotopic (exact) mass is 254 g/mol. The molecule has 3 rings (SSSR count). The fourth-order valence-electron chi connectivity index (χ4n) is 1.85. The normalized spacial score (nSPS) is 10.6. The van der Waals surface area contributed by atoms with Gasteiger partial charge in [0.1, 0.15) is 17.2 Å². The lowest BCUT2D eigenvalue weighted by Crippen LogP contribution is -1.98. The van der Waals surface area contributed by atoms with Gasteiger partial charge in [0.2, 0.25) is 0 Å². The van der Waals surface area contributed by atoms with Crippen molar-refractivity contribution < 1.29 is 4.39 Å². The smallest absolute Gasteiger partial charge is 0.148 e. The Kier molecular flexibility index (Phi) is 2.72. The summed E-state index contributed by atoms with van der Waals surface area (Å²) in [6.07, 6.45) is 3.25. The van der Waals surface area contributed by atoms with Crippen molar-refractivity contribution in [2.45, 2.75) is 0 Å². The van der Waals surface area contributed by atoms with Crippen LogP contribution in [0, 0.1) is 5.82 Å². The zero-order chi connectivity index (χ0) is 13.2. The van der Waals surface area contributed by atoms with E-state index in [4.69, 9.17) is 5.73 Å². The van der Waals surface area contributed by atoms with Gasteiger partial charge in [-0.05, 0) is 24.3 Å². The first-order valence-corrected chi connectivity index (χ1v) is 5.77. The Labute approximate surface area is 109 Å². The van der Waals surface area contributed by atoms with Crippen molar-refractivity contribution in [2.24, 2.45) is 0 Å². The van der Waals surface area contributed by atoms with E-state index < -0.39 is 0 Å². The molecule has 0 saturated carbocycles. The number of hydrogen-bond donors (Lipinski definition) is 1. The van der Waals surface area contributed by atoms with Gasteiger partial charge in [0.05, 0.1) is 17.6 Å². The summed E-state index contributed by atoms with van der Waals surface area (Å²) in [6, 6.07) is 11.9. The van der Waals surface area contributed by atoms with Crippen LogP contribution in [-0.4, -0.2) is 14.8 Å². The number of rotatable bonds is 2. The van der Waals surface area contributed by atoms with Crippen molar-refractivity contribution in [3.05, 3.63) is 60.7 Å². The van der Waals surface area contributed by atoms with Gasteiger partial charge in [0, 0.05) is 6.20 Å². The number of pyridine rings is 1. The molecule has 94 valence electrons. The molecular formula is C14H11FN4. The van der Waals surface area contributed by atoms with Crippen molar-refractivity contribution in [2.75, 3.05) is 5.73 Å². The third-order valence-electron chi connectivity index (χ3n) is 2.75. The summed E-state index contributed by atoms with van der Waals surface area (Å²) in [5, 5.41) is 4.30. The molecule has 4 nitrogen and oxygen atoms in total. The zero-order valence-corrected chi connectivity index (χ0v) is 9.99. The Balaban J connectivity index is 2.10. The summed E-state index contributed by atoms with van der Waals surface area (Å²) >= 11 is 0. The number of halogens is 1. The number of nitrogens with zero attached hydrogens (tertiary/aromatic N) is 3. The first-order chi connectivity index (χ1) is 9.25. The molecule has 0 saturated heterocycles. The van der Waals surface area contributed by atoms with Crippen LogP contribution in [0.3, 0.4) is 0 Å². The van der Waals surface area contributed by atoms with Crippen molar-refractivity contribution in [3.63, 3.8) is 0 Å². The third-order valence-corrected chi connectivity index (χ3v) is 2.75. The number of aromatic nitrogens is 3. The van der Waals surface area contributed by atoms with E-state index in [-0.39, 0.29) is 5.82 Å². The van der Waals surface area contributed by atoms with Crippen LogP contribution in [0.25, 0.3) is 17.1 Å². The molecule has 0 spiro atoms. The van der Waals surface area contributed by atoms with E-state index in [9.17, 15) is 4.39 Å². The predicted molar refractivity (Wildman–Crippen MR) is 71.2 cm³/mol. The summed E-state index contributed by atoms with van der Waals surface area (Å²) in [4.78, 5) is 4.19. The summed E-state index contributed by atoms with van der Waals surface area (Å²) in [7, 11) is 0. The van der Waals surface area contributed by atoms with E-state index in [0.717, 1.165) is 0 Å². The van der Waals surface area contributed by atoms with Gasteiger partial charge in [-0.25, -0.2) is 9.07 Å². The Morgan fingerprint density at radius 1 is 1.05 bits per heavy atom. The number of hydrogen-bond acceptors (Lipinski definition) is 3. The van der Waals surface area contributed by atoms with Gasteiger partial charge in [0.15, 0.2) is 0 Å². The van der Waals surface area contributed by atoms with Crippen LogP contribution in [0.2, 0.25) is 0 Å². The second-order valence-corrected chi connectivity index (χ2v) is 4.04. The van der Waals surface area contributed by atoms with Gasteiger partial charge in [0.25, 0.3) is 0 Å². The van der Waals surface area contributed by atoms with Crippen molar-refractivity contribution >= 4 is 5.69 Å². The number of para-hydroxylation sites is 1. The highest BCUT2D eigenvalue weighted by atomic mass is 19.1. The highest BCUT2D eigenvalue weighted by molar-refractivity contribution is 5.69. The summed E-state index contributed by atoms with van der Waals surface area (Å²) in [6.45, 7) is 0. The average Bonchev–Trinajstić information content (AvgIpc) is 2.82. The molecule has 0 aliphatic carbocycles. The molecule has 19 heavy (non-hydrogen) atoms. The number of benzene rings is 1. The molecule has 0 bridgehead atoms. The summed E-state index contributed by atoms with van der Waals surface area (Å²) in [5.41, 5.74) is 7.94. The fraction of sp³-hybridized carbons (Fsp3) is 0. The molecule has 0 aliphatic heterocycles. The zero-order valence-electron chi connectivity index (χ0n) is 9.99. The maximum Gasteiger partial charge on any atom is 0.148 e. The van der Waals surface area contributed by atoms with E-state index in [1.165, 1.54) is 10.7 Å². The van der Waals surface area contributed by atoms with E-state index in [1.807, 2.05) is 18.2 Å². The van der Waals surface area contributed by atoms with E-state index in [1.54, 1.807) is 30.6 Å². The molecular weight excluding hydrogens is 243 g/mol. The average molecular weight is 254 g/mol. The summed E-state index contributed by atoms with van der Waals surface area (Å²) in [5.74, 6) is -0.349. The molecule has 0 radical (unpaired) electrons. The van der Waals surface area contributed by atoms with Gasteiger partial charge in [-0.1, -0.05) is 18.2 Å². The van der Waals surface area contributed by atoms with Crippen LogP contribution in [0.15, 0.2) is 54.9 Å². The predicted octanol–water partition coefficient (Wildman–Crippen LogP) is 2.66. The molecule has 2 aromatic heterocycles. The van der Waals surface area contributed by atoms with Gasteiger partial charge in [-0.15, -0.1) is 0 Å². The maximum atomic E-state index is 13.7. The van der Waals surface area contributed by atoms with Crippen molar-refractivity contribution in [1.82, 2.24) is 14.8 Å². The summed E-state index contributed by atoms with van der Waals surface area (Å²) < 4.78 is 15.1. The quantitative estimate of drug-likeness (QED) is 0.764. The lowest BCUT2D eigenvalue weighted by atomic mass is 10.2. The molecule has 0 aliphatic rings. The Morgan fingerprint density at radius 3 is 2.58 bits per heavy atom. The minimum atomic E-state index is -0.349. The Morgan fingerprint density at radius 2 is 1.84 bits per heavy atom. The van der Waals surface area contributed by atoms with Crippen molar-refractivity contribution in [3.8, 4) is 17.1 Å². The van der Waals surface area contributed by atoms with E-state index in [2.05, 4.69) is 10.1 Å². The van der Waals surface area contributed by atoms with Crippen LogP contribution >= 0.6 is 0 Å². The lowest BCUT2D eigenvalue weighted by Gasteiger charge is -2.01. The molecule has 1 aromatic carbocycles. The maximum absolute atomic E-state index is 13.7. The second kappa shape index (κ2) is 4.53. The fourth-order valence-corrected chi connectivity index (χ4v) is 1.85. The minimum absolute atomic E-state index is 0.349. The topological polar surface area (TPSA) is 56.7 Å². The molecule has 2 heterocycles. The van der Waals surface area contributed by atoms with Crippen LogP contribution in [-0.2, 0) is 0 Å². The number of nitrogens with two attached hydrogens (primary N) is 1. The van der Waals surface area contributed by atoms with Crippen LogP contribution in [0.4, 0.5) is 10.1 Å². The van der Waals surface area contributed by atoms with Crippen LogP contribution in [0.5, 0.6) is 0 Å². The molecule has 0 unspecified atom stereocenters. The highest BCUT2D eigenvalue weighted by Gasteiger charge is 2.12. The van der Waals surface area contributed by atoms with Crippen molar-refractivity contribution in [1.29, 1.82) is 0 Å². The first-order valence-electron chi connectivity index (χ1n) is 5.77.